The molecule has 4 rings (SSSR count). The molecule has 0 amide bonds. The number of rotatable bonds is 3. The maximum atomic E-state index is 13.3. The third-order valence-electron chi connectivity index (χ3n) is 3.95. The molecule has 23 heavy (non-hydrogen) atoms. The second-order valence-corrected chi connectivity index (χ2v) is 6.08. The molecule has 118 valence electrons. The van der Waals surface area contributed by atoms with Crippen molar-refractivity contribution in [3.63, 3.8) is 0 Å². The summed E-state index contributed by atoms with van der Waals surface area (Å²) >= 11 is 5.76. The molecule has 0 saturated heterocycles. The van der Waals surface area contributed by atoms with Gasteiger partial charge < -0.3 is 0 Å². The molecule has 0 N–H and O–H groups in total. The first-order valence-electron chi connectivity index (χ1n) is 7.21. The molecule has 3 aromatic rings. The van der Waals surface area contributed by atoms with Gasteiger partial charge in [-0.1, -0.05) is 11.6 Å². The summed E-state index contributed by atoms with van der Waals surface area (Å²) in [5.74, 6) is -0.0924. The minimum Gasteiger partial charge on any atom is -0.280 e. The van der Waals surface area contributed by atoms with Crippen LogP contribution in [0.15, 0.2) is 40.2 Å². The molecule has 0 spiro atoms. The van der Waals surface area contributed by atoms with E-state index in [1.807, 2.05) is 0 Å². The Morgan fingerprint density at radius 1 is 1.26 bits per heavy atom. The highest BCUT2D eigenvalue weighted by Crippen LogP contribution is 2.29. The normalized spacial score (nSPS) is 14.5. The van der Waals surface area contributed by atoms with Crippen molar-refractivity contribution in [1.29, 1.82) is 0 Å². The van der Waals surface area contributed by atoms with Crippen molar-refractivity contribution in [1.82, 2.24) is 18.7 Å². The number of fused-ring (bicyclic) bond motifs is 1. The SMILES string of the molecule is O=c1c2nn(CC3CC3)c(=O)n2ccn1-c1ccc(F)c(Cl)c1. The van der Waals surface area contributed by atoms with E-state index in [-0.39, 0.29) is 16.4 Å². The zero-order valence-corrected chi connectivity index (χ0v) is 12.7. The zero-order valence-electron chi connectivity index (χ0n) is 11.9. The van der Waals surface area contributed by atoms with Crippen molar-refractivity contribution in [3.8, 4) is 5.69 Å². The quantitative estimate of drug-likeness (QED) is 0.734. The maximum Gasteiger partial charge on any atom is 0.350 e. The Balaban J connectivity index is 1.88. The van der Waals surface area contributed by atoms with Crippen LogP contribution in [0, 0.1) is 11.7 Å². The van der Waals surface area contributed by atoms with Crippen molar-refractivity contribution in [2.45, 2.75) is 19.4 Å². The molecule has 8 heteroatoms. The highest BCUT2D eigenvalue weighted by atomic mass is 35.5. The van der Waals surface area contributed by atoms with Gasteiger partial charge in [-0.3, -0.25) is 9.36 Å². The van der Waals surface area contributed by atoms with Crippen molar-refractivity contribution in [3.05, 3.63) is 62.3 Å². The minimum absolute atomic E-state index is 0.0404. The van der Waals surface area contributed by atoms with E-state index in [2.05, 4.69) is 5.10 Å². The van der Waals surface area contributed by atoms with Crippen LogP contribution in [0.3, 0.4) is 0 Å². The Kier molecular flexibility index (Phi) is 3.12. The van der Waals surface area contributed by atoms with E-state index in [0.717, 1.165) is 12.8 Å². The summed E-state index contributed by atoms with van der Waals surface area (Å²) in [5.41, 5.74) is -0.332. The molecule has 1 fully saturated rings. The number of benzene rings is 1. The largest absolute Gasteiger partial charge is 0.350 e. The van der Waals surface area contributed by atoms with E-state index in [1.165, 1.54) is 44.2 Å². The second-order valence-electron chi connectivity index (χ2n) is 5.67. The van der Waals surface area contributed by atoms with Crippen LogP contribution in [0.5, 0.6) is 0 Å². The smallest absolute Gasteiger partial charge is 0.280 e. The van der Waals surface area contributed by atoms with Crippen LogP contribution >= 0.6 is 11.6 Å². The molecule has 1 aliphatic rings. The fourth-order valence-electron chi connectivity index (χ4n) is 2.51. The van der Waals surface area contributed by atoms with Crippen LogP contribution < -0.4 is 11.2 Å². The lowest BCUT2D eigenvalue weighted by Crippen LogP contribution is -2.24. The van der Waals surface area contributed by atoms with Crippen LogP contribution in [-0.2, 0) is 6.54 Å². The summed E-state index contributed by atoms with van der Waals surface area (Å²) in [6.45, 7) is 0.530. The summed E-state index contributed by atoms with van der Waals surface area (Å²) in [4.78, 5) is 24.8. The Bertz CT molecular complexity index is 1030. The lowest BCUT2D eigenvalue weighted by atomic mass is 10.3. The molecule has 0 aliphatic heterocycles. The van der Waals surface area contributed by atoms with E-state index < -0.39 is 11.4 Å². The van der Waals surface area contributed by atoms with Gasteiger partial charge in [-0.25, -0.2) is 18.3 Å². The molecule has 2 heterocycles. The van der Waals surface area contributed by atoms with Gasteiger partial charge in [0.25, 0.3) is 0 Å². The highest BCUT2D eigenvalue weighted by Gasteiger charge is 2.24. The summed E-state index contributed by atoms with van der Waals surface area (Å²) in [5, 5.41) is 4.07. The summed E-state index contributed by atoms with van der Waals surface area (Å²) in [6, 6.07) is 3.98. The molecule has 0 atom stereocenters. The Hall–Kier alpha value is -2.41. The van der Waals surface area contributed by atoms with E-state index in [1.54, 1.807) is 0 Å². The first-order valence-corrected chi connectivity index (χ1v) is 7.58. The van der Waals surface area contributed by atoms with Crippen molar-refractivity contribution < 1.29 is 4.39 Å². The van der Waals surface area contributed by atoms with Crippen LogP contribution in [0.2, 0.25) is 5.02 Å². The van der Waals surface area contributed by atoms with Crippen molar-refractivity contribution in [2.75, 3.05) is 0 Å². The second kappa shape index (κ2) is 5.06. The van der Waals surface area contributed by atoms with Gasteiger partial charge in [0.2, 0.25) is 5.65 Å². The predicted octanol–water partition coefficient (Wildman–Crippen LogP) is 1.85. The molecule has 1 aliphatic carbocycles. The Morgan fingerprint density at radius 3 is 2.74 bits per heavy atom. The van der Waals surface area contributed by atoms with Gasteiger partial charge in [0, 0.05) is 18.9 Å². The molecule has 0 unspecified atom stereocenters. The van der Waals surface area contributed by atoms with Gasteiger partial charge >= 0.3 is 11.2 Å². The van der Waals surface area contributed by atoms with E-state index in [9.17, 15) is 14.0 Å². The Labute approximate surface area is 134 Å². The molecule has 0 radical (unpaired) electrons. The third kappa shape index (κ3) is 2.37. The molecular weight excluding hydrogens is 323 g/mol. The fourth-order valence-corrected chi connectivity index (χ4v) is 2.69. The molecular formula is C15H12ClFN4O2. The molecule has 6 nitrogen and oxygen atoms in total. The summed E-state index contributed by atoms with van der Waals surface area (Å²) < 4.78 is 17.1. The summed E-state index contributed by atoms with van der Waals surface area (Å²) in [7, 11) is 0. The van der Waals surface area contributed by atoms with Gasteiger partial charge in [-0.05, 0) is 37.0 Å². The van der Waals surface area contributed by atoms with Crippen LogP contribution in [0.1, 0.15) is 12.8 Å². The molecule has 2 aromatic heterocycles. The van der Waals surface area contributed by atoms with Crippen molar-refractivity contribution in [2.24, 2.45) is 5.92 Å². The summed E-state index contributed by atoms with van der Waals surface area (Å²) in [6.07, 6.45) is 5.09. The van der Waals surface area contributed by atoms with Crippen LogP contribution in [-0.4, -0.2) is 18.7 Å². The predicted molar refractivity (Wildman–Crippen MR) is 82.7 cm³/mol. The zero-order chi connectivity index (χ0) is 16.1. The molecule has 0 bridgehead atoms. The number of hydrogen-bond donors (Lipinski definition) is 0. The number of halogens is 2. The van der Waals surface area contributed by atoms with Crippen LogP contribution in [0.4, 0.5) is 4.39 Å². The van der Waals surface area contributed by atoms with Crippen molar-refractivity contribution >= 4 is 17.2 Å². The number of aromatic nitrogens is 4. The van der Waals surface area contributed by atoms with E-state index in [0.29, 0.717) is 18.2 Å². The lowest BCUT2D eigenvalue weighted by Gasteiger charge is -2.06. The van der Waals surface area contributed by atoms with Gasteiger partial charge in [0.1, 0.15) is 5.82 Å². The Morgan fingerprint density at radius 2 is 2.04 bits per heavy atom. The van der Waals surface area contributed by atoms with Gasteiger partial charge in [-0.2, -0.15) is 0 Å². The average molecular weight is 335 g/mol. The highest BCUT2D eigenvalue weighted by molar-refractivity contribution is 6.30. The van der Waals surface area contributed by atoms with E-state index >= 15 is 0 Å². The number of hydrogen-bond acceptors (Lipinski definition) is 3. The van der Waals surface area contributed by atoms with Gasteiger partial charge in [0.05, 0.1) is 10.7 Å². The van der Waals surface area contributed by atoms with E-state index in [4.69, 9.17) is 11.6 Å². The lowest BCUT2D eigenvalue weighted by molar-refractivity contribution is 0.545. The topological polar surface area (TPSA) is 61.3 Å². The fraction of sp³-hybridized carbons (Fsp3) is 0.267. The van der Waals surface area contributed by atoms with Gasteiger partial charge in [0.15, 0.2) is 0 Å². The van der Waals surface area contributed by atoms with Crippen LogP contribution in [0.25, 0.3) is 11.3 Å². The standard InChI is InChI=1S/C15H12ClFN4O2/c16-11-7-10(3-4-12(11)17)19-5-6-20-13(14(19)22)18-21(15(20)23)8-9-1-2-9/h3-7,9H,1-2,8H2. The first kappa shape index (κ1) is 14.2. The maximum absolute atomic E-state index is 13.3. The average Bonchev–Trinajstić information content (AvgIpc) is 3.29. The monoisotopic (exact) mass is 334 g/mol. The molecule has 1 saturated carbocycles. The number of nitrogens with zero attached hydrogens (tertiary/aromatic N) is 4. The molecule has 1 aromatic carbocycles. The minimum atomic E-state index is -0.561. The third-order valence-corrected chi connectivity index (χ3v) is 4.24. The first-order chi connectivity index (χ1) is 11.0. The van der Waals surface area contributed by atoms with Gasteiger partial charge in [-0.15, -0.1) is 5.10 Å².